The molecule has 3 heteroatoms. The van der Waals surface area contributed by atoms with Gasteiger partial charge in [-0.2, -0.15) is 0 Å². The van der Waals surface area contributed by atoms with Gasteiger partial charge in [0.25, 0.3) is 0 Å². The molecule has 0 spiro atoms. The minimum Gasteiger partial charge on any atom is -0.515 e. The van der Waals surface area contributed by atoms with Crippen LogP contribution in [0.25, 0.3) is 0 Å². The Morgan fingerprint density at radius 2 is 2.28 bits per heavy atom. The van der Waals surface area contributed by atoms with Crippen molar-refractivity contribution in [1.82, 2.24) is 0 Å². The highest BCUT2D eigenvalue weighted by Crippen LogP contribution is 2.21. The molecule has 0 saturated carbocycles. The first-order valence-corrected chi connectivity index (χ1v) is 6.13. The van der Waals surface area contributed by atoms with Crippen LogP contribution < -0.4 is 0 Å². The van der Waals surface area contributed by atoms with Crippen molar-refractivity contribution >= 4 is 12.0 Å². The average molecular weight is 245 g/mol. The maximum Gasteiger partial charge on any atom is 0.191 e. The van der Waals surface area contributed by atoms with E-state index in [1.165, 1.54) is 0 Å². The van der Waals surface area contributed by atoms with Gasteiger partial charge in [0.2, 0.25) is 0 Å². The fourth-order valence-corrected chi connectivity index (χ4v) is 1.74. The standard InChI is InChI=1S/C15H19NO2/c1-3-8-16-9-7-12-5-6-13(4-2)15(18)14(10-12)11-17/h3,6,8-11,17H,4-5,7H2,1-2H3/b8-3-,14-11?,16-9?. The minimum atomic E-state index is -0.0830. The summed E-state index contributed by atoms with van der Waals surface area (Å²) in [6.07, 6.45) is 12.1. The molecule has 0 fully saturated rings. The average Bonchev–Trinajstić information content (AvgIpc) is 2.54. The lowest BCUT2D eigenvalue weighted by atomic mass is 10.0. The highest BCUT2D eigenvalue weighted by Gasteiger charge is 2.15. The molecular formula is C15H19NO2. The quantitative estimate of drug-likeness (QED) is 0.467. The lowest BCUT2D eigenvalue weighted by Gasteiger charge is -2.00. The normalized spacial score (nSPS) is 19.4. The van der Waals surface area contributed by atoms with E-state index in [1.807, 2.05) is 26.0 Å². The first-order chi connectivity index (χ1) is 8.72. The van der Waals surface area contributed by atoms with Crippen LogP contribution in [-0.4, -0.2) is 17.1 Å². The number of hydrogen-bond acceptors (Lipinski definition) is 3. The number of aliphatic hydroxyl groups excluding tert-OH is 1. The molecule has 0 aromatic heterocycles. The van der Waals surface area contributed by atoms with Gasteiger partial charge >= 0.3 is 0 Å². The summed E-state index contributed by atoms with van der Waals surface area (Å²) in [5, 5.41) is 9.13. The molecule has 1 N–H and O–H groups in total. The van der Waals surface area contributed by atoms with Crippen molar-refractivity contribution in [3.63, 3.8) is 0 Å². The molecule has 96 valence electrons. The number of nitrogens with zero attached hydrogens (tertiary/aromatic N) is 1. The van der Waals surface area contributed by atoms with E-state index in [1.54, 1.807) is 18.5 Å². The highest BCUT2D eigenvalue weighted by atomic mass is 16.2. The number of carbonyl (C=O) groups is 1. The maximum absolute atomic E-state index is 11.9. The number of rotatable bonds is 4. The number of allylic oxidation sites excluding steroid dienone is 6. The Hall–Kier alpha value is -1.90. The minimum absolute atomic E-state index is 0.0830. The van der Waals surface area contributed by atoms with E-state index >= 15 is 0 Å². The lowest BCUT2D eigenvalue weighted by molar-refractivity contribution is -0.112. The van der Waals surface area contributed by atoms with Crippen molar-refractivity contribution in [3.05, 3.63) is 47.4 Å². The van der Waals surface area contributed by atoms with Gasteiger partial charge in [-0.25, -0.2) is 0 Å². The Morgan fingerprint density at radius 3 is 2.89 bits per heavy atom. The molecule has 0 atom stereocenters. The van der Waals surface area contributed by atoms with Crippen molar-refractivity contribution in [2.45, 2.75) is 33.1 Å². The predicted octanol–water partition coefficient (Wildman–Crippen LogP) is 3.66. The molecule has 0 heterocycles. The lowest BCUT2D eigenvalue weighted by Crippen LogP contribution is -2.03. The number of aliphatic hydroxyl groups is 1. The summed E-state index contributed by atoms with van der Waals surface area (Å²) < 4.78 is 0. The first kappa shape index (κ1) is 14.2. The third-order valence-corrected chi connectivity index (χ3v) is 2.74. The van der Waals surface area contributed by atoms with Crippen molar-refractivity contribution < 1.29 is 9.90 Å². The Balaban J connectivity index is 2.87. The topological polar surface area (TPSA) is 49.7 Å². The number of ketones is 1. The summed E-state index contributed by atoms with van der Waals surface area (Å²) in [6.45, 7) is 3.85. The van der Waals surface area contributed by atoms with E-state index in [9.17, 15) is 4.79 Å². The zero-order chi connectivity index (χ0) is 13.4. The second-order valence-electron chi connectivity index (χ2n) is 4.02. The van der Waals surface area contributed by atoms with Crippen molar-refractivity contribution in [3.8, 4) is 0 Å². The fraction of sp³-hybridized carbons (Fsp3) is 0.333. The summed E-state index contributed by atoms with van der Waals surface area (Å²) in [7, 11) is 0. The van der Waals surface area contributed by atoms with Crippen molar-refractivity contribution in [1.29, 1.82) is 0 Å². The van der Waals surface area contributed by atoms with E-state index in [-0.39, 0.29) is 5.78 Å². The highest BCUT2D eigenvalue weighted by molar-refractivity contribution is 6.10. The Kier molecular flexibility index (Phi) is 5.85. The first-order valence-electron chi connectivity index (χ1n) is 6.13. The number of hydrogen-bond donors (Lipinski definition) is 1. The molecule has 0 aliphatic heterocycles. The molecule has 0 unspecified atom stereocenters. The molecule has 0 amide bonds. The molecule has 0 aromatic carbocycles. The molecule has 0 radical (unpaired) electrons. The summed E-state index contributed by atoms with van der Waals surface area (Å²) >= 11 is 0. The van der Waals surface area contributed by atoms with Crippen LogP contribution in [0.15, 0.2) is 52.4 Å². The maximum atomic E-state index is 11.9. The van der Waals surface area contributed by atoms with Gasteiger partial charge in [0.15, 0.2) is 5.78 Å². The Morgan fingerprint density at radius 1 is 1.50 bits per heavy atom. The third-order valence-electron chi connectivity index (χ3n) is 2.74. The number of Topliss-reactive ketones (excluding diaryl/α,β-unsaturated/α-hetero) is 1. The van der Waals surface area contributed by atoms with Gasteiger partial charge in [-0.05, 0) is 31.4 Å². The molecule has 3 nitrogen and oxygen atoms in total. The Bertz CT molecular complexity index is 451. The molecule has 0 bridgehead atoms. The smallest absolute Gasteiger partial charge is 0.191 e. The second kappa shape index (κ2) is 7.43. The molecule has 1 rings (SSSR count). The fourth-order valence-electron chi connectivity index (χ4n) is 1.74. The van der Waals surface area contributed by atoms with Gasteiger partial charge < -0.3 is 5.11 Å². The van der Waals surface area contributed by atoms with Gasteiger partial charge in [0.05, 0.1) is 11.8 Å². The zero-order valence-corrected chi connectivity index (χ0v) is 10.9. The van der Waals surface area contributed by atoms with Gasteiger partial charge in [-0.3, -0.25) is 9.79 Å². The van der Waals surface area contributed by atoms with Crippen LogP contribution in [0.3, 0.4) is 0 Å². The second-order valence-corrected chi connectivity index (χ2v) is 4.02. The van der Waals surface area contributed by atoms with Gasteiger partial charge in [-0.15, -0.1) is 0 Å². The van der Waals surface area contributed by atoms with Crippen LogP contribution in [0, 0.1) is 0 Å². The zero-order valence-electron chi connectivity index (χ0n) is 10.9. The van der Waals surface area contributed by atoms with E-state index in [0.717, 1.165) is 23.8 Å². The SMILES string of the molecule is C/C=C\N=CCC1=CC(=CO)C(=O)C(CC)=CC1. The van der Waals surface area contributed by atoms with Gasteiger partial charge in [-0.1, -0.05) is 24.6 Å². The van der Waals surface area contributed by atoms with Crippen LogP contribution in [0.5, 0.6) is 0 Å². The number of carbonyl (C=O) groups excluding carboxylic acids is 1. The number of aliphatic imine (C=N–C) groups is 1. The largest absolute Gasteiger partial charge is 0.515 e. The molecular weight excluding hydrogens is 226 g/mol. The third kappa shape index (κ3) is 3.84. The molecule has 1 aliphatic rings. The van der Waals surface area contributed by atoms with E-state index in [2.05, 4.69) is 4.99 Å². The van der Waals surface area contributed by atoms with Crippen LogP contribution >= 0.6 is 0 Å². The van der Waals surface area contributed by atoms with Crippen molar-refractivity contribution in [2.24, 2.45) is 4.99 Å². The van der Waals surface area contributed by atoms with Gasteiger partial charge in [0.1, 0.15) is 0 Å². The summed E-state index contributed by atoms with van der Waals surface area (Å²) in [4.78, 5) is 16.0. The van der Waals surface area contributed by atoms with Crippen LogP contribution in [-0.2, 0) is 4.79 Å². The molecule has 1 aliphatic carbocycles. The van der Waals surface area contributed by atoms with Gasteiger partial charge in [0, 0.05) is 18.8 Å². The summed E-state index contributed by atoms with van der Waals surface area (Å²) in [5.74, 6) is -0.0830. The summed E-state index contributed by atoms with van der Waals surface area (Å²) in [6, 6.07) is 0. The van der Waals surface area contributed by atoms with E-state index in [4.69, 9.17) is 5.11 Å². The Labute approximate surface area is 108 Å². The van der Waals surface area contributed by atoms with E-state index < -0.39 is 0 Å². The van der Waals surface area contributed by atoms with E-state index in [0.29, 0.717) is 18.4 Å². The summed E-state index contributed by atoms with van der Waals surface area (Å²) in [5.41, 5.74) is 2.18. The van der Waals surface area contributed by atoms with Crippen LogP contribution in [0.1, 0.15) is 33.1 Å². The van der Waals surface area contributed by atoms with Crippen molar-refractivity contribution in [2.75, 3.05) is 0 Å². The van der Waals surface area contributed by atoms with Crippen LogP contribution in [0.4, 0.5) is 0 Å². The predicted molar refractivity (Wildman–Crippen MR) is 74.7 cm³/mol. The molecule has 18 heavy (non-hydrogen) atoms. The monoisotopic (exact) mass is 245 g/mol. The molecule has 0 saturated heterocycles. The molecule has 0 aromatic rings. The van der Waals surface area contributed by atoms with Crippen LogP contribution in [0.2, 0.25) is 0 Å².